The van der Waals surface area contributed by atoms with Crippen molar-refractivity contribution in [3.8, 4) is 0 Å². The number of primary amides is 1. The number of hydrogen-bond donors (Lipinski definition) is 2. The van der Waals surface area contributed by atoms with E-state index in [0.717, 1.165) is 44.9 Å². The molecular formula is C14H29N3O. The molecule has 1 aliphatic rings. The van der Waals surface area contributed by atoms with Gasteiger partial charge in [-0.2, -0.15) is 0 Å². The van der Waals surface area contributed by atoms with Gasteiger partial charge in [-0.3, -0.25) is 4.79 Å². The molecule has 0 radical (unpaired) electrons. The Labute approximate surface area is 111 Å². The van der Waals surface area contributed by atoms with Crippen LogP contribution < -0.4 is 11.1 Å². The predicted octanol–water partition coefficient (Wildman–Crippen LogP) is 1.35. The quantitative estimate of drug-likeness (QED) is 0.619. The summed E-state index contributed by atoms with van der Waals surface area (Å²) in [6.45, 7) is 9.94. The van der Waals surface area contributed by atoms with Crippen LogP contribution in [0.15, 0.2) is 0 Å². The highest BCUT2D eigenvalue weighted by Gasteiger charge is 2.34. The molecule has 0 heterocycles. The highest BCUT2D eigenvalue weighted by atomic mass is 16.1. The van der Waals surface area contributed by atoms with Crippen molar-refractivity contribution in [3.05, 3.63) is 0 Å². The van der Waals surface area contributed by atoms with Crippen LogP contribution in [0.3, 0.4) is 0 Å². The van der Waals surface area contributed by atoms with Gasteiger partial charge in [0.2, 0.25) is 5.91 Å². The second kappa shape index (κ2) is 7.10. The van der Waals surface area contributed by atoms with Crippen molar-refractivity contribution in [2.24, 2.45) is 11.7 Å². The zero-order valence-corrected chi connectivity index (χ0v) is 12.2. The van der Waals surface area contributed by atoms with Gasteiger partial charge in [-0.05, 0) is 51.6 Å². The summed E-state index contributed by atoms with van der Waals surface area (Å²) in [6, 6.07) is 0. The number of carbonyl (C=O) groups excluding carboxylic acids is 1. The molecule has 1 amide bonds. The molecular weight excluding hydrogens is 226 g/mol. The van der Waals surface area contributed by atoms with E-state index in [1.807, 2.05) is 6.92 Å². The van der Waals surface area contributed by atoms with Crippen molar-refractivity contribution < 1.29 is 4.79 Å². The molecule has 1 saturated carbocycles. The Kier molecular flexibility index (Phi) is 6.09. The van der Waals surface area contributed by atoms with Crippen molar-refractivity contribution >= 4 is 5.91 Å². The SMILES string of the molecule is CCCNC(C)(CN(CCC)CC1CC1)C(N)=O. The second-order valence-electron chi connectivity index (χ2n) is 5.80. The topological polar surface area (TPSA) is 58.4 Å². The van der Waals surface area contributed by atoms with E-state index in [2.05, 4.69) is 24.1 Å². The molecule has 0 spiro atoms. The maximum atomic E-state index is 11.7. The minimum absolute atomic E-state index is 0.243. The molecule has 0 aliphatic heterocycles. The van der Waals surface area contributed by atoms with Gasteiger partial charge < -0.3 is 16.0 Å². The lowest BCUT2D eigenvalue weighted by atomic mass is 10.00. The first kappa shape index (κ1) is 15.4. The number of nitrogens with one attached hydrogen (secondary N) is 1. The van der Waals surface area contributed by atoms with Crippen LogP contribution in [0.2, 0.25) is 0 Å². The van der Waals surface area contributed by atoms with Gasteiger partial charge in [-0.1, -0.05) is 13.8 Å². The zero-order valence-electron chi connectivity index (χ0n) is 12.2. The Morgan fingerprint density at radius 2 is 2.06 bits per heavy atom. The molecule has 0 saturated heterocycles. The van der Waals surface area contributed by atoms with Gasteiger partial charge in [0.15, 0.2) is 0 Å². The van der Waals surface area contributed by atoms with Crippen LogP contribution in [-0.2, 0) is 4.79 Å². The molecule has 1 rings (SSSR count). The second-order valence-corrected chi connectivity index (χ2v) is 5.80. The molecule has 4 nitrogen and oxygen atoms in total. The smallest absolute Gasteiger partial charge is 0.238 e. The highest BCUT2D eigenvalue weighted by Crippen LogP contribution is 2.30. The van der Waals surface area contributed by atoms with Gasteiger partial charge in [-0.25, -0.2) is 0 Å². The van der Waals surface area contributed by atoms with Gasteiger partial charge in [0.1, 0.15) is 5.54 Å². The fourth-order valence-electron chi connectivity index (χ4n) is 2.29. The summed E-state index contributed by atoms with van der Waals surface area (Å²) < 4.78 is 0. The molecule has 18 heavy (non-hydrogen) atoms. The van der Waals surface area contributed by atoms with Gasteiger partial charge >= 0.3 is 0 Å². The number of nitrogens with zero attached hydrogens (tertiary/aromatic N) is 1. The standard InChI is InChI=1S/C14H29N3O/c1-4-8-16-14(3,13(15)18)11-17(9-5-2)10-12-6-7-12/h12,16H,4-11H2,1-3H3,(H2,15,18). The minimum atomic E-state index is -0.597. The Morgan fingerprint density at radius 1 is 1.39 bits per heavy atom. The molecule has 1 fully saturated rings. The van der Waals surface area contributed by atoms with Crippen molar-refractivity contribution in [1.29, 1.82) is 0 Å². The normalized spacial score (nSPS) is 18.9. The number of rotatable bonds is 10. The maximum absolute atomic E-state index is 11.7. The molecule has 106 valence electrons. The zero-order chi connectivity index (χ0) is 13.6. The van der Waals surface area contributed by atoms with Crippen molar-refractivity contribution in [3.63, 3.8) is 0 Å². The third-order valence-electron chi connectivity index (χ3n) is 3.60. The average Bonchev–Trinajstić information content (AvgIpc) is 3.10. The van der Waals surface area contributed by atoms with E-state index in [4.69, 9.17) is 5.73 Å². The summed E-state index contributed by atoms with van der Waals surface area (Å²) in [5.41, 5.74) is 4.98. The van der Waals surface area contributed by atoms with Crippen LogP contribution in [0.25, 0.3) is 0 Å². The fraction of sp³-hybridized carbons (Fsp3) is 0.929. The van der Waals surface area contributed by atoms with Crippen molar-refractivity contribution in [1.82, 2.24) is 10.2 Å². The van der Waals surface area contributed by atoms with E-state index in [9.17, 15) is 4.79 Å². The lowest BCUT2D eigenvalue weighted by molar-refractivity contribution is -0.124. The van der Waals surface area contributed by atoms with E-state index in [0.29, 0.717) is 0 Å². The summed E-state index contributed by atoms with van der Waals surface area (Å²) in [5.74, 6) is 0.604. The monoisotopic (exact) mass is 255 g/mol. The first-order valence-electron chi connectivity index (χ1n) is 7.29. The number of hydrogen-bond acceptors (Lipinski definition) is 3. The third-order valence-corrected chi connectivity index (χ3v) is 3.60. The number of nitrogens with two attached hydrogens (primary N) is 1. The lowest BCUT2D eigenvalue weighted by Gasteiger charge is -2.34. The highest BCUT2D eigenvalue weighted by molar-refractivity contribution is 5.84. The fourth-order valence-corrected chi connectivity index (χ4v) is 2.29. The van der Waals surface area contributed by atoms with Crippen LogP contribution in [0.4, 0.5) is 0 Å². The predicted molar refractivity (Wildman–Crippen MR) is 75.3 cm³/mol. The van der Waals surface area contributed by atoms with E-state index in [1.165, 1.54) is 12.8 Å². The molecule has 1 unspecified atom stereocenters. The summed E-state index contributed by atoms with van der Waals surface area (Å²) in [5, 5.41) is 3.31. The lowest BCUT2D eigenvalue weighted by Crippen LogP contribution is -2.60. The molecule has 0 bridgehead atoms. The third kappa shape index (κ3) is 4.94. The van der Waals surface area contributed by atoms with Crippen LogP contribution in [0.1, 0.15) is 46.5 Å². The molecule has 4 heteroatoms. The van der Waals surface area contributed by atoms with E-state index in [1.54, 1.807) is 0 Å². The molecule has 0 aromatic carbocycles. The van der Waals surface area contributed by atoms with Crippen LogP contribution >= 0.6 is 0 Å². The molecule has 0 aromatic rings. The number of carbonyl (C=O) groups is 1. The minimum Gasteiger partial charge on any atom is -0.368 e. The van der Waals surface area contributed by atoms with Gasteiger partial charge in [0.25, 0.3) is 0 Å². The van der Waals surface area contributed by atoms with Gasteiger partial charge in [0, 0.05) is 13.1 Å². The average molecular weight is 255 g/mol. The van der Waals surface area contributed by atoms with Gasteiger partial charge in [0.05, 0.1) is 0 Å². The van der Waals surface area contributed by atoms with Crippen LogP contribution in [0.5, 0.6) is 0 Å². The summed E-state index contributed by atoms with van der Waals surface area (Å²) >= 11 is 0. The Morgan fingerprint density at radius 3 is 2.50 bits per heavy atom. The van der Waals surface area contributed by atoms with Gasteiger partial charge in [-0.15, -0.1) is 0 Å². The molecule has 1 atom stereocenters. The van der Waals surface area contributed by atoms with E-state index < -0.39 is 5.54 Å². The van der Waals surface area contributed by atoms with Crippen LogP contribution in [-0.4, -0.2) is 42.5 Å². The summed E-state index contributed by atoms with van der Waals surface area (Å²) in [6.07, 6.45) is 4.82. The van der Waals surface area contributed by atoms with E-state index >= 15 is 0 Å². The van der Waals surface area contributed by atoms with Crippen LogP contribution in [0, 0.1) is 5.92 Å². The first-order valence-corrected chi connectivity index (χ1v) is 7.29. The summed E-state index contributed by atoms with van der Waals surface area (Å²) in [4.78, 5) is 14.1. The Balaban J connectivity index is 2.56. The first-order chi connectivity index (χ1) is 8.51. The molecule has 1 aliphatic carbocycles. The molecule has 0 aromatic heterocycles. The Hall–Kier alpha value is -0.610. The number of amides is 1. The summed E-state index contributed by atoms with van der Waals surface area (Å²) in [7, 11) is 0. The van der Waals surface area contributed by atoms with E-state index in [-0.39, 0.29) is 5.91 Å². The Bertz CT molecular complexity index is 266. The molecule has 3 N–H and O–H groups in total. The largest absolute Gasteiger partial charge is 0.368 e. The van der Waals surface area contributed by atoms with Crippen molar-refractivity contribution in [2.45, 2.75) is 52.0 Å². The van der Waals surface area contributed by atoms with Crippen molar-refractivity contribution in [2.75, 3.05) is 26.2 Å². The maximum Gasteiger partial charge on any atom is 0.238 e.